The summed E-state index contributed by atoms with van der Waals surface area (Å²) in [5, 5.41) is 11.6. The molecule has 0 radical (unpaired) electrons. The molecule has 1 unspecified atom stereocenters. The molecule has 152 valence electrons. The summed E-state index contributed by atoms with van der Waals surface area (Å²) in [7, 11) is 0. The van der Waals surface area contributed by atoms with Gasteiger partial charge in [0.25, 0.3) is 0 Å². The lowest BCUT2D eigenvalue weighted by Crippen LogP contribution is -2.34. The SMILES string of the molecule is O=C(NCCc1csc2nc(-c3cccs3)nn12)C1CC(=O)N(c2ccccc2)C1. The van der Waals surface area contributed by atoms with Crippen LogP contribution in [0.4, 0.5) is 5.69 Å². The average molecular weight is 438 g/mol. The fourth-order valence-electron chi connectivity index (χ4n) is 3.61. The second-order valence-electron chi connectivity index (χ2n) is 7.12. The molecule has 30 heavy (non-hydrogen) atoms. The van der Waals surface area contributed by atoms with Crippen LogP contribution in [-0.2, 0) is 16.0 Å². The quantitative estimate of drug-likeness (QED) is 0.502. The van der Waals surface area contributed by atoms with Crippen molar-refractivity contribution in [2.24, 2.45) is 5.92 Å². The van der Waals surface area contributed by atoms with Crippen LogP contribution >= 0.6 is 22.7 Å². The highest BCUT2D eigenvalue weighted by atomic mass is 32.1. The summed E-state index contributed by atoms with van der Waals surface area (Å²) < 4.78 is 1.85. The zero-order valence-corrected chi connectivity index (χ0v) is 17.7. The van der Waals surface area contributed by atoms with Crippen molar-refractivity contribution in [3.8, 4) is 10.7 Å². The number of hydrogen-bond donors (Lipinski definition) is 1. The molecule has 0 bridgehead atoms. The largest absolute Gasteiger partial charge is 0.355 e. The van der Waals surface area contributed by atoms with Gasteiger partial charge < -0.3 is 10.2 Å². The summed E-state index contributed by atoms with van der Waals surface area (Å²) >= 11 is 3.16. The number of carbonyl (C=O) groups is 2. The van der Waals surface area contributed by atoms with Gasteiger partial charge in [-0.2, -0.15) is 4.98 Å². The maximum atomic E-state index is 12.6. The zero-order chi connectivity index (χ0) is 20.5. The molecule has 2 amide bonds. The molecule has 4 heterocycles. The van der Waals surface area contributed by atoms with Crippen molar-refractivity contribution in [3.63, 3.8) is 0 Å². The number of benzene rings is 1. The Morgan fingerprint density at radius 2 is 2.03 bits per heavy atom. The Hall–Kier alpha value is -3.04. The third-order valence-electron chi connectivity index (χ3n) is 5.14. The van der Waals surface area contributed by atoms with Gasteiger partial charge in [-0.1, -0.05) is 24.3 Å². The minimum atomic E-state index is -0.322. The molecule has 0 saturated carbocycles. The molecule has 5 rings (SSSR count). The van der Waals surface area contributed by atoms with Crippen LogP contribution in [0.15, 0.2) is 53.2 Å². The number of nitrogens with one attached hydrogen (secondary N) is 1. The minimum Gasteiger partial charge on any atom is -0.355 e. The number of nitrogens with zero attached hydrogens (tertiary/aromatic N) is 4. The van der Waals surface area contributed by atoms with Crippen molar-refractivity contribution in [2.45, 2.75) is 12.8 Å². The predicted octanol–water partition coefficient (Wildman–Crippen LogP) is 3.23. The number of anilines is 1. The lowest BCUT2D eigenvalue weighted by molar-refractivity contribution is -0.126. The van der Waals surface area contributed by atoms with E-state index in [0.717, 1.165) is 27.0 Å². The van der Waals surface area contributed by atoms with Gasteiger partial charge in [-0.3, -0.25) is 9.59 Å². The Morgan fingerprint density at radius 3 is 2.83 bits per heavy atom. The van der Waals surface area contributed by atoms with E-state index in [1.807, 2.05) is 57.7 Å². The van der Waals surface area contributed by atoms with Gasteiger partial charge in [0, 0.05) is 37.0 Å². The third kappa shape index (κ3) is 3.61. The second kappa shape index (κ2) is 8.00. The van der Waals surface area contributed by atoms with Gasteiger partial charge >= 0.3 is 0 Å². The Labute approximate surface area is 181 Å². The highest BCUT2D eigenvalue weighted by molar-refractivity contribution is 7.15. The van der Waals surface area contributed by atoms with Crippen LogP contribution in [0, 0.1) is 5.92 Å². The normalized spacial score (nSPS) is 16.5. The van der Waals surface area contributed by atoms with Gasteiger partial charge in [0.15, 0.2) is 5.82 Å². The van der Waals surface area contributed by atoms with E-state index in [1.54, 1.807) is 27.6 Å². The summed E-state index contributed by atoms with van der Waals surface area (Å²) in [5.74, 6) is 0.320. The molecule has 4 aromatic rings. The first-order valence-corrected chi connectivity index (χ1v) is 11.4. The zero-order valence-electron chi connectivity index (χ0n) is 16.0. The number of thiophene rings is 1. The van der Waals surface area contributed by atoms with Crippen molar-refractivity contribution >= 4 is 45.1 Å². The van der Waals surface area contributed by atoms with Crippen LogP contribution in [0.1, 0.15) is 12.1 Å². The summed E-state index contributed by atoms with van der Waals surface area (Å²) in [6.45, 7) is 0.916. The molecule has 3 aromatic heterocycles. The molecule has 1 aliphatic heterocycles. The first kappa shape index (κ1) is 19.0. The van der Waals surface area contributed by atoms with Crippen LogP contribution in [0.3, 0.4) is 0 Å². The van der Waals surface area contributed by atoms with Gasteiger partial charge in [0.05, 0.1) is 16.5 Å². The topological polar surface area (TPSA) is 79.6 Å². The molecule has 1 aromatic carbocycles. The summed E-state index contributed by atoms with van der Waals surface area (Å²) in [6.07, 6.45) is 0.902. The van der Waals surface area contributed by atoms with Gasteiger partial charge in [0.1, 0.15) is 0 Å². The molecular weight excluding hydrogens is 418 g/mol. The highest BCUT2D eigenvalue weighted by Gasteiger charge is 2.34. The van der Waals surface area contributed by atoms with E-state index in [9.17, 15) is 9.59 Å². The smallest absolute Gasteiger partial charge is 0.227 e. The summed E-state index contributed by atoms with van der Waals surface area (Å²) in [4.78, 5) is 33.1. The maximum Gasteiger partial charge on any atom is 0.227 e. The van der Waals surface area contributed by atoms with E-state index in [4.69, 9.17) is 0 Å². The lowest BCUT2D eigenvalue weighted by atomic mass is 10.1. The number of hydrogen-bond acceptors (Lipinski definition) is 6. The molecule has 1 atom stereocenters. The van der Waals surface area contributed by atoms with E-state index in [1.165, 1.54) is 0 Å². The number of carbonyl (C=O) groups excluding carboxylic acids is 2. The Balaban J connectivity index is 1.19. The summed E-state index contributed by atoms with van der Waals surface area (Å²) in [6, 6.07) is 13.5. The number of rotatable bonds is 6. The van der Waals surface area contributed by atoms with E-state index >= 15 is 0 Å². The van der Waals surface area contributed by atoms with Gasteiger partial charge in [-0.15, -0.1) is 27.8 Å². The van der Waals surface area contributed by atoms with Crippen molar-refractivity contribution in [1.82, 2.24) is 19.9 Å². The number of para-hydroxylation sites is 1. The Kier molecular flexibility index (Phi) is 5.06. The second-order valence-corrected chi connectivity index (χ2v) is 8.90. The van der Waals surface area contributed by atoms with Gasteiger partial charge in [0.2, 0.25) is 16.8 Å². The first-order chi connectivity index (χ1) is 14.7. The van der Waals surface area contributed by atoms with Gasteiger partial charge in [-0.25, -0.2) is 4.52 Å². The van der Waals surface area contributed by atoms with Crippen molar-refractivity contribution in [3.05, 3.63) is 58.9 Å². The van der Waals surface area contributed by atoms with Crippen molar-refractivity contribution < 1.29 is 9.59 Å². The predicted molar refractivity (Wildman–Crippen MR) is 118 cm³/mol. The fraction of sp³-hybridized carbons (Fsp3) is 0.238. The molecule has 1 aliphatic rings. The molecule has 1 fully saturated rings. The van der Waals surface area contributed by atoms with E-state index in [-0.39, 0.29) is 24.2 Å². The number of aromatic nitrogens is 3. The fourth-order valence-corrected chi connectivity index (χ4v) is 5.11. The number of thiazole rings is 1. The molecule has 1 N–H and O–H groups in total. The molecule has 1 saturated heterocycles. The Bertz CT molecular complexity index is 1180. The molecule has 9 heteroatoms. The Morgan fingerprint density at radius 1 is 1.17 bits per heavy atom. The monoisotopic (exact) mass is 437 g/mol. The minimum absolute atomic E-state index is 0.00962. The molecule has 7 nitrogen and oxygen atoms in total. The molecule has 0 spiro atoms. The molecule has 0 aliphatic carbocycles. The first-order valence-electron chi connectivity index (χ1n) is 9.69. The third-order valence-corrected chi connectivity index (χ3v) is 6.87. The van der Waals surface area contributed by atoms with Crippen LogP contribution in [0.25, 0.3) is 15.7 Å². The highest BCUT2D eigenvalue weighted by Crippen LogP contribution is 2.26. The summed E-state index contributed by atoms with van der Waals surface area (Å²) in [5.41, 5.74) is 1.85. The van der Waals surface area contributed by atoms with E-state index in [0.29, 0.717) is 19.5 Å². The van der Waals surface area contributed by atoms with Crippen molar-refractivity contribution in [2.75, 3.05) is 18.0 Å². The van der Waals surface area contributed by atoms with E-state index < -0.39 is 0 Å². The van der Waals surface area contributed by atoms with Gasteiger partial charge in [-0.05, 0) is 23.6 Å². The van der Waals surface area contributed by atoms with Crippen LogP contribution < -0.4 is 10.2 Å². The van der Waals surface area contributed by atoms with Crippen LogP contribution in [0.5, 0.6) is 0 Å². The van der Waals surface area contributed by atoms with E-state index in [2.05, 4.69) is 15.4 Å². The lowest BCUT2D eigenvalue weighted by Gasteiger charge is -2.16. The van der Waals surface area contributed by atoms with Crippen molar-refractivity contribution in [1.29, 1.82) is 0 Å². The van der Waals surface area contributed by atoms with Crippen LogP contribution in [0.2, 0.25) is 0 Å². The maximum absolute atomic E-state index is 12.6. The average Bonchev–Trinajstić information content (AvgIpc) is 3.53. The number of amides is 2. The van der Waals surface area contributed by atoms with Crippen LogP contribution in [-0.4, -0.2) is 39.5 Å². The standard InChI is InChI=1S/C21H19N5O2S2/c27-18-11-14(12-25(18)15-5-2-1-3-6-15)20(28)22-9-8-16-13-30-21-23-19(24-26(16)21)17-7-4-10-29-17/h1-7,10,13-14H,8-9,11-12H2,(H,22,28). The molecular formula is C21H19N5O2S2. The number of fused-ring (bicyclic) bond motifs is 1.